The van der Waals surface area contributed by atoms with Gasteiger partial charge >= 0.3 is 0 Å². The number of carbonyl (C=O) groups excluding carboxylic acids is 2. The summed E-state index contributed by atoms with van der Waals surface area (Å²) in [6.45, 7) is 4.24. The van der Waals surface area contributed by atoms with E-state index in [-0.39, 0.29) is 36.6 Å². The van der Waals surface area contributed by atoms with E-state index in [1.54, 1.807) is 4.90 Å². The van der Waals surface area contributed by atoms with Crippen molar-refractivity contribution < 1.29 is 18.0 Å². The first-order valence-electron chi connectivity index (χ1n) is 7.51. The quantitative estimate of drug-likeness (QED) is 0.821. The largest absolute Gasteiger partial charge is 0.329 e. The van der Waals surface area contributed by atoms with E-state index in [4.69, 9.17) is 0 Å². The van der Waals surface area contributed by atoms with E-state index < -0.39 is 9.84 Å². The lowest BCUT2D eigenvalue weighted by molar-refractivity contribution is -0.139. The molecule has 1 aliphatic heterocycles. The molecule has 7 heteroatoms. The van der Waals surface area contributed by atoms with Crippen LogP contribution in [0.15, 0.2) is 24.3 Å². The van der Waals surface area contributed by atoms with Crippen molar-refractivity contribution in [2.45, 2.75) is 26.3 Å². The number of nitrogens with zero attached hydrogens (tertiary/aromatic N) is 2. The van der Waals surface area contributed by atoms with Gasteiger partial charge in [-0.1, -0.05) is 17.7 Å². The van der Waals surface area contributed by atoms with Gasteiger partial charge in [-0.05, 0) is 26.0 Å². The fourth-order valence-corrected chi connectivity index (χ4v) is 3.12. The standard InChI is InChI=1S/C16H22N2O4S/c1-12-4-6-14(7-5-12)18-10-13(2)17(11-16(18)20)15(19)8-9-23(3,21)22/h4-7,13H,8-11H2,1-3H3. The molecule has 2 rings (SSSR count). The van der Waals surface area contributed by atoms with Gasteiger partial charge in [-0.15, -0.1) is 0 Å². The molecular weight excluding hydrogens is 316 g/mol. The summed E-state index contributed by atoms with van der Waals surface area (Å²) in [4.78, 5) is 27.7. The summed E-state index contributed by atoms with van der Waals surface area (Å²) in [5, 5.41) is 0. The summed E-state index contributed by atoms with van der Waals surface area (Å²) in [7, 11) is -3.19. The second-order valence-electron chi connectivity index (χ2n) is 6.09. The third-order valence-electron chi connectivity index (χ3n) is 3.94. The SMILES string of the molecule is Cc1ccc(N2CC(C)N(C(=O)CCS(C)(=O)=O)CC2=O)cc1. The maximum Gasteiger partial charge on any atom is 0.246 e. The Morgan fingerprint density at radius 1 is 1.26 bits per heavy atom. The molecule has 0 saturated carbocycles. The minimum absolute atomic E-state index is 0.0162. The van der Waals surface area contributed by atoms with Crippen molar-refractivity contribution in [3.8, 4) is 0 Å². The van der Waals surface area contributed by atoms with E-state index >= 15 is 0 Å². The van der Waals surface area contributed by atoms with Gasteiger partial charge in [-0.3, -0.25) is 9.59 Å². The number of hydrogen-bond acceptors (Lipinski definition) is 4. The van der Waals surface area contributed by atoms with Crippen LogP contribution in [0, 0.1) is 6.92 Å². The Hall–Kier alpha value is -1.89. The zero-order valence-corrected chi connectivity index (χ0v) is 14.5. The molecule has 0 radical (unpaired) electrons. The van der Waals surface area contributed by atoms with Crippen LogP contribution in [-0.4, -0.2) is 56.3 Å². The average molecular weight is 338 g/mol. The van der Waals surface area contributed by atoms with Crippen molar-refractivity contribution in [1.29, 1.82) is 0 Å². The minimum atomic E-state index is -3.19. The Morgan fingerprint density at radius 2 is 1.87 bits per heavy atom. The van der Waals surface area contributed by atoms with Crippen LogP contribution in [0.4, 0.5) is 5.69 Å². The number of benzene rings is 1. The molecule has 1 atom stereocenters. The molecule has 1 saturated heterocycles. The van der Waals surface area contributed by atoms with Crippen LogP contribution < -0.4 is 4.90 Å². The highest BCUT2D eigenvalue weighted by Gasteiger charge is 2.33. The molecule has 1 fully saturated rings. The number of carbonyl (C=O) groups is 2. The van der Waals surface area contributed by atoms with E-state index in [0.29, 0.717) is 6.54 Å². The van der Waals surface area contributed by atoms with Crippen molar-refractivity contribution in [3.05, 3.63) is 29.8 Å². The van der Waals surface area contributed by atoms with Crippen LogP contribution >= 0.6 is 0 Å². The Balaban J connectivity index is 2.05. The van der Waals surface area contributed by atoms with Crippen molar-refractivity contribution in [3.63, 3.8) is 0 Å². The number of aryl methyl sites for hydroxylation is 1. The average Bonchev–Trinajstić information content (AvgIpc) is 2.47. The van der Waals surface area contributed by atoms with Crippen molar-refractivity contribution in [2.75, 3.05) is 30.0 Å². The molecule has 126 valence electrons. The monoisotopic (exact) mass is 338 g/mol. The molecule has 0 aliphatic carbocycles. The van der Waals surface area contributed by atoms with Crippen LogP contribution in [0.1, 0.15) is 18.9 Å². The molecule has 2 amide bonds. The highest BCUT2D eigenvalue weighted by molar-refractivity contribution is 7.90. The van der Waals surface area contributed by atoms with Crippen LogP contribution in [-0.2, 0) is 19.4 Å². The second-order valence-corrected chi connectivity index (χ2v) is 8.35. The number of amides is 2. The maximum absolute atomic E-state index is 12.4. The second kappa shape index (κ2) is 6.70. The predicted octanol–water partition coefficient (Wildman–Crippen LogP) is 0.993. The van der Waals surface area contributed by atoms with E-state index in [2.05, 4.69) is 0 Å². The first-order valence-corrected chi connectivity index (χ1v) is 9.57. The summed E-state index contributed by atoms with van der Waals surface area (Å²) in [6.07, 6.45) is 1.02. The smallest absolute Gasteiger partial charge is 0.246 e. The van der Waals surface area contributed by atoms with Gasteiger partial charge in [0.25, 0.3) is 0 Å². The van der Waals surface area contributed by atoms with E-state index in [9.17, 15) is 18.0 Å². The third kappa shape index (κ3) is 4.54. The Morgan fingerprint density at radius 3 is 2.43 bits per heavy atom. The molecule has 23 heavy (non-hydrogen) atoms. The number of piperazine rings is 1. The van der Waals surface area contributed by atoms with Gasteiger partial charge in [0.05, 0.1) is 5.75 Å². The molecule has 6 nitrogen and oxygen atoms in total. The maximum atomic E-state index is 12.4. The van der Waals surface area contributed by atoms with E-state index in [0.717, 1.165) is 17.5 Å². The van der Waals surface area contributed by atoms with Crippen molar-refractivity contribution >= 4 is 27.3 Å². The van der Waals surface area contributed by atoms with Gasteiger partial charge in [-0.2, -0.15) is 0 Å². The van der Waals surface area contributed by atoms with Gasteiger partial charge in [-0.25, -0.2) is 8.42 Å². The molecule has 1 heterocycles. The fraction of sp³-hybridized carbons (Fsp3) is 0.500. The minimum Gasteiger partial charge on any atom is -0.329 e. The van der Waals surface area contributed by atoms with E-state index in [1.165, 1.54) is 4.90 Å². The lowest BCUT2D eigenvalue weighted by Crippen LogP contribution is -2.57. The summed E-state index contributed by atoms with van der Waals surface area (Å²) >= 11 is 0. The van der Waals surface area contributed by atoms with Gasteiger partial charge in [0.1, 0.15) is 16.4 Å². The predicted molar refractivity (Wildman–Crippen MR) is 89.0 cm³/mol. The summed E-state index contributed by atoms with van der Waals surface area (Å²) in [5.74, 6) is -0.634. The number of anilines is 1. The van der Waals surface area contributed by atoms with Crippen molar-refractivity contribution in [2.24, 2.45) is 0 Å². The lowest BCUT2D eigenvalue weighted by atomic mass is 10.1. The third-order valence-corrected chi connectivity index (χ3v) is 4.88. The van der Waals surface area contributed by atoms with Crippen LogP contribution in [0.25, 0.3) is 0 Å². The summed E-state index contributed by atoms with van der Waals surface area (Å²) < 4.78 is 22.4. The fourth-order valence-electron chi connectivity index (χ4n) is 2.58. The molecule has 1 aliphatic rings. The number of rotatable bonds is 4. The van der Waals surface area contributed by atoms with Gasteiger partial charge < -0.3 is 9.80 Å². The van der Waals surface area contributed by atoms with Crippen LogP contribution in [0.3, 0.4) is 0 Å². The molecule has 1 unspecified atom stereocenters. The molecule has 0 bridgehead atoms. The lowest BCUT2D eigenvalue weighted by Gasteiger charge is -2.39. The zero-order chi connectivity index (χ0) is 17.2. The molecule has 1 aromatic rings. The number of hydrogen-bond donors (Lipinski definition) is 0. The summed E-state index contributed by atoms with van der Waals surface area (Å²) in [6, 6.07) is 7.51. The summed E-state index contributed by atoms with van der Waals surface area (Å²) in [5.41, 5.74) is 1.93. The molecule has 1 aromatic carbocycles. The van der Waals surface area contributed by atoms with Gasteiger partial charge in [0.15, 0.2) is 0 Å². The molecular formula is C16H22N2O4S. The molecule has 0 spiro atoms. The van der Waals surface area contributed by atoms with Gasteiger partial charge in [0.2, 0.25) is 11.8 Å². The zero-order valence-electron chi connectivity index (χ0n) is 13.7. The molecule has 0 aromatic heterocycles. The Bertz CT molecular complexity index is 697. The topological polar surface area (TPSA) is 74.8 Å². The van der Waals surface area contributed by atoms with Crippen molar-refractivity contribution in [1.82, 2.24) is 4.90 Å². The van der Waals surface area contributed by atoms with Crippen LogP contribution in [0.2, 0.25) is 0 Å². The highest BCUT2D eigenvalue weighted by Crippen LogP contribution is 2.21. The molecule has 0 N–H and O–H groups in total. The van der Waals surface area contributed by atoms with Crippen LogP contribution in [0.5, 0.6) is 0 Å². The Labute approximate surface area is 137 Å². The first-order chi connectivity index (χ1) is 10.7. The highest BCUT2D eigenvalue weighted by atomic mass is 32.2. The normalized spacial score (nSPS) is 19.1. The Kier molecular flexibility index (Phi) is 5.09. The van der Waals surface area contributed by atoms with Gasteiger partial charge in [0, 0.05) is 31.0 Å². The van der Waals surface area contributed by atoms with E-state index in [1.807, 2.05) is 38.1 Å². The number of sulfone groups is 1. The first kappa shape index (κ1) is 17.5.